The van der Waals surface area contributed by atoms with Crippen molar-refractivity contribution in [1.29, 1.82) is 0 Å². The summed E-state index contributed by atoms with van der Waals surface area (Å²) in [5.74, 6) is 1.36. The SMILES string of the molecule is C=CC[C@@H]1[C@@H]2CC[C@@H](C2)CN1C(=O)OCC[Si](C)(C)C. The molecule has 2 aliphatic rings. The Kier molecular flexibility index (Phi) is 4.94. The summed E-state index contributed by atoms with van der Waals surface area (Å²) in [6, 6.07) is 1.37. The van der Waals surface area contributed by atoms with E-state index < -0.39 is 8.07 Å². The predicted octanol–water partition coefficient (Wildman–Crippen LogP) is 4.14. The van der Waals surface area contributed by atoms with E-state index in [1.54, 1.807) is 0 Å². The van der Waals surface area contributed by atoms with Gasteiger partial charge in [0.05, 0.1) is 6.61 Å². The molecule has 1 heterocycles. The minimum Gasteiger partial charge on any atom is -0.450 e. The number of carbonyl (C=O) groups is 1. The average Bonchev–Trinajstić information content (AvgIpc) is 2.74. The molecule has 1 aliphatic heterocycles. The topological polar surface area (TPSA) is 29.5 Å². The van der Waals surface area contributed by atoms with E-state index in [0.29, 0.717) is 24.5 Å². The van der Waals surface area contributed by atoms with Crippen molar-refractivity contribution in [3.63, 3.8) is 0 Å². The average molecular weight is 295 g/mol. The Labute approximate surface area is 124 Å². The third-order valence-corrected chi connectivity index (χ3v) is 6.41. The van der Waals surface area contributed by atoms with E-state index in [1.165, 1.54) is 19.3 Å². The van der Waals surface area contributed by atoms with Crippen LogP contribution in [-0.2, 0) is 4.74 Å². The maximum absolute atomic E-state index is 12.4. The molecule has 114 valence electrons. The summed E-state index contributed by atoms with van der Waals surface area (Å²) < 4.78 is 5.55. The van der Waals surface area contributed by atoms with Gasteiger partial charge in [0.1, 0.15) is 0 Å². The molecule has 0 aromatic heterocycles. The van der Waals surface area contributed by atoms with Crippen LogP contribution in [0.4, 0.5) is 4.79 Å². The minimum atomic E-state index is -1.13. The fourth-order valence-corrected chi connectivity index (χ4v) is 4.24. The van der Waals surface area contributed by atoms with Crippen molar-refractivity contribution >= 4 is 14.2 Å². The number of rotatable bonds is 5. The van der Waals surface area contributed by atoms with Crippen LogP contribution in [0, 0.1) is 11.8 Å². The van der Waals surface area contributed by atoms with Crippen molar-refractivity contribution in [3.05, 3.63) is 12.7 Å². The van der Waals surface area contributed by atoms with Crippen LogP contribution in [0.15, 0.2) is 12.7 Å². The van der Waals surface area contributed by atoms with Crippen LogP contribution in [-0.4, -0.2) is 38.3 Å². The van der Waals surface area contributed by atoms with Crippen molar-refractivity contribution in [2.45, 2.75) is 57.4 Å². The Morgan fingerprint density at radius 1 is 1.40 bits per heavy atom. The smallest absolute Gasteiger partial charge is 0.410 e. The van der Waals surface area contributed by atoms with Crippen molar-refractivity contribution in [2.75, 3.05) is 13.2 Å². The predicted molar refractivity (Wildman–Crippen MR) is 85.6 cm³/mol. The Balaban J connectivity index is 1.91. The van der Waals surface area contributed by atoms with E-state index in [4.69, 9.17) is 4.74 Å². The zero-order valence-electron chi connectivity index (χ0n) is 13.2. The quantitative estimate of drug-likeness (QED) is 0.563. The highest BCUT2D eigenvalue weighted by molar-refractivity contribution is 6.76. The van der Waals surface area contributed by atoms with Gasteiger partial charge in [-0.3, -0.25) is 0 Å². The van der Waals surface area contributed by atoms with E-state index in [2.05, 4.69) is 26.2 Å². The second-order valence-corrected chi connectivity index (χ2v) is 13.2. The number of nitrogens with zero attached hydrogens (tertiary/aromatic N) is 1. The van der Waals surface area contributed by atoms with E-state index >= 15 is 0 Å². The number of amides is 1. The lowest BCUT2D eigenvalue weighted by Crippen LogP contribution is -2.49. The molecule has 1 saturated carbocycles. The lowest BCUT2D eigenvalue weighted by atomic mass is 9.89. The zero-order valence-corrected chi connectivity index (χ0v) is 14.2. The number of likely N-dealkylation sites (tertiary alicyclic amines) is 1. The number of hydrogen-bond donors (Lipinski definition) is 0. The number of hydrogen-bond acceptors (Lipinski definition) is 2. The molecule has 0 aromatic rings. The van der Waals surface area contributed by atoms with Gasteiger partial charge in [-0.1, -0.05) is 25.7 Å². The molecular weight excluding hydrogens is 266 g/mol. The van der Waals surface area contributed by atoms with Gasteiger partial charge in [-0.2, -0.15) is 0 Å². The van der Waals surface area contributed by atoms with Crippen LogP contribution >= 0.6 is 0 Å². The summed E-state index contributed by atoms with van der Waals surface area (Å²) in [4.78, 5) is 14.4. The Morgan fingerprint density at radius 2 is 2.15 bits per heavy atom. The van der Waals surface area contributed by atoms with Crippen molar-refractivity contribution in [1.82, 2.24) is 4.90 Å². The first kappa shape index (κ1) is 15.6. The van der Waals surface area contributed by atoms with Gasteiger partial charge < -0.3 is 9.64 Å². The molecule has 3 nitrogen and oxygen atoms in total. The fourth-order valence-electron chi connectivity index (χ4n) is 3.52. The summed E-state index contributed by atoms with van der Waals surface area (Å²) in [5.41, 5.74) is 0. The largest absolute Gasteiger partial charge is 0.450 e. The monoisotopic (exact) mass is 295 g/mol. The van der Waals surface area contributed by atoms with E-state index in [9.17, 15) is 4.79 Å². The van der Waals surface area contributed by atoms with Crippen LogP contribution in [0.1, 0.15) is 25.7 Å². The highest BCUT2D eigenvalue weighted by Gasteiger charge is 2.42. The highest BCUT2D eigenvalue weighted by Crippen LogP contribution is 2.41. The third-order valence-electron chi connectivity index (χ3n) is 4.70. The number of ether oxygens (including phenoxy) is 1. The van der Waals surface area contributed by atoms with Crippen LogP contribution in [0.3, 0.4) is 0 Å². The van der Waals surface area contributed by atoms with Gasteiger partial charge in [-0.15, -0.1) is 6.58 Å². The van der Waals surface area contributed by atoms with E-state index in [0.717, 1.165) is 19.0 Å². The van der Waals surface area contributed by atoms with Crippen LogP contribution in [0.5, 0.6) is 0 Å². The Hall–Kier alpha value is -0.773. The first-order valence-corrected chi connectivity index (χ1v) is 11.7. The van der Waals surface area contributed by atoms with Gasteiger partial charge in [-0.05, 0) is 43.6 Å². The van der Waals surface area contributed by atoms with Crippen molar-refractivity contribution in [3.8, 4) is 0 Å². The van der Waals surface area contributed by atoms with Crippen LogP contribution < -0.4 is 0 Å². The maximum Gasteiger partial charge on any atom is 0.410 e. The number of carbonyl (C=O) groups excluding carboxylic acids is 1. The van der Waals surface area contributed by atoms with Crippen molar-refractivity contribution < 1.29 is 9.53 Å². The molecule has 20 heavy (non-hydrogen) atoms. The second kappa shape index (κ2) is 6.33. The fraction of sp³-hybridized carbons (Fsp3) is 0.812. The summed E-state index contributed by atoms with van der Waals surface area (Å²) in [5, 5.41) is 0. The maximum atomic E-state index is 12.4. The molecule has 4 heteroatoms. The lowest BCUT2D eigenvalue weighted by Gasteiger charge is -2.39. The highest BCUT2D eigenvalue weighted by atomic mass is 28.3. The molecule has 3 atom stereocenters. The van der Waals surface area contributed by atoms with Crippen LogP contribution in [0.2, 0.25) is 25.7 Å². The van der Waals surface area contributed by atoms with Gasteiger partial charge in [0.2, 0.25) is 0 Å². The minimum absolute atomic E-state index is 0.0910. The van der Waals surface area contributed by atoms with Gasteiger partial charge in [0.25, 0.3) is 0 Å². The Bertz CT molecular complexity index is 364. The second-order valence-electron chi connectivity index (χ2n) is 7.61. The molecule has 2 fully saturated rings. The molecule has 0 radical (unpaired) electrons. The first-order valence-electron chi connectivity index (χ1n) is 7.95. The zero-order chi connectivity index (χ0) is 14.8. The normalized spacial score (nSPS) is 29.4. The van der Waals surface area contributed by atoms with Crippen LogP contribution in [0.25, 0.3) is 0 Å². The Morgan fingerprint density at radius 3 is 2.80 bits per heavy atom. The molecule has 0 unspecified atom stereocenters. The summed E-state index contributed by atoms with van der Waals surface area (Å²) in [7, 11) is -1.13. The molecule has 0 spiro atoms. The first-order chi connectivity index (χ1) is 9.40. The summed E-state index contributed by atoms with van der Waals surface area (Å²) >= 11 is 0. The molecule has 1 amide bonds. The summed E-state index contributed by atoms with van der Waals surface area (Å²) in [6.45, 7) is 12.3. The number of fused-ring (bicyclic) bond motifs is 2. The van der Waals surface area contributed by atoms with Gasteiger partial charge in [0, 0.05) is 20.7 Å². The number of piperidine rings is 1. The standard InChI is InChI=1S/C16H29NO2Si/c1-5-6-15-14-8-7-13(11-14)12-17(15)16(18)19-9-10-20(2,3)4/h5,13-15H,1,6-12H2,2-4H3/t13-,14+,15+/m0/s1. The van der Waals surface area contributed by atoms with Gasteiger partial charge in [0.15, 0.2) is 0 Å². The van der Waals surface area contributed by atoms with Crippen molar-refractivity contribution in [2.24, 2.45) is 11.8 Å². The molecule has 0 N–H and O–H groups in total. The molecule has 1 aliphatic carbocycles. The van der Waals surface area contributed by atoms with E-state index in [-0.39, 0.29) is 6.09 Å². The molecule has 1 saturated heterocycles. The molecule has 2 bridgehead atoms. The molecule has 0 aromatic carbocycles. The van der Waals surface area contributed by atoms with Gasteiger partial charge >= 0.3 is 6.09 Å². The summed E-state index contributed by atoms with van der Waals surface area (Å²) in [6.07, 6.45) is 6.59. The molecule has 2 rings (SSSR count). The van der Waals surface area contributed by atoms with Gasteiger partial charge in [-0.25, -0.2) is 4.79 Å². The lowest BCUT2D eigenvalue weighted by molar-refractivity contribution is 0.0553. The third kappa shape index (κ3) is 3.87. The molecular formula is C16H29NO2Si. The van der Waals surface area contributed by atoms with E-state index in [1.807, 2.05) is 11.0 Å².